The van der Waals surface area contributed by atoms with Crippen LogP contribution >= 0.6 is 0 Å². The molecule has 0 radical (unpaired) electrons. The maximum atomic E-state index is 11.9. The van der Waals surface area contributed by atoms with Crippen LogP contribution in [0.2, 0.25) is 0 Å². The molecule has 138 valence electrons. The van der Waals surface area contributed by atoms with Gasteiger partial charge in [0.05, 0.1) is 5.41 Å². The maximum absolute atomic E-state index is 11.9. The molecule has 3 N–H and O–H groups in total. The summed E-state index contributed by atoms with van der Waals surface area (Å²) in [4.78, 5) is 24.4. The number of nitrogens with two attached hydrogens (primary N) is 1. The number of rotatable bonds is 5. The Morgan fingerprint density at radius 2 is 1.89 bits per heavy atom. The zero-order valence-corrected chi connectivity index (χ0v) is 15.0. The van der Waals surface area contributed by atoms with Gasteiger partial charge in [0.2, 0.25) is 5.95 Å². The molecule has 0 spiro atoms. The smallest absolute Gasteiger partial charge is 0.315 e. The fraction of sp³-hybridized carbons (Fsp3) is 0.316. The lowest BCUT2D eigenvalue weighted by atomic mass is 9.64. The van der Waals surface area contributed by atoms with Crippen molar-refractivity contribution in [3.8, 4) is 11.1 Å². The van der Waals surface area contributed by atoms with E-state index in [1.807, 2.05) is 19.1 Å². The van der Waals surface area contributed by atoms with Crippen LogP contribution < -0.4 is 11.1 Å². The van der Waals surface area contributed by atoms with Gasteiger partial charge in [-0.2, -0.15) is 4.98 Å². The van der Waals surface area contributed by atoms with E-state index in [9.17, 15) is 4.79 Å². The third kappa shape index (κ3) is 3.03. The average Bonchev–Trinajstić information content (AvgIpc) is 3.13. The first kappa shape index (κ1) is 17.1. The van der Waals surface area contributed by atoms with E-state index in [0.717, 1.165) is 36.0 Å². The number of hydrogen-bond acceptors (Lipinski definition) is 7. The number of aromatic nitrogens is 4. The van der Waals surface area contributed by atoms with Gasteiger partial charge in [-0.05, 0) is 30.9 Å². The second kappa shape index (κ2) is 6.79. The first-order valence-corrected chi connectivity index (χ1v) is 8.93. The van der Waals surface area contributed by atoms with Crippen LogP contribution in [0.25, 0.3) is 11.1 Å². The van der Waals surface area contributed by atoms with Gasteiger partial charge in [-0.3, -0.25) is 4.79 Å². The molecule has 4 rings (SSSR count). The van der Waals surface area contributed by atoms with Gasteiger partial charge in [-0.25, -0.2) is 9.97 Å². The summed E-state index contributed by atoms with van der Waals surface area (Å²) in [5.41, 5.74) is 8.26. The quantitative estimate of drug-likeness (QED) is 0.713. The minimum atomic E-state index is -0.343. The highest BCUT2D eigenvalue weighted by atomic mass is 16.5. The summed E-state index contributed by atoms with van der Waals surface area (Å²) in [6.45, 7) is 2.36. The van der Waals surface area contributed by atoms with Crippen LogP contribution in [0.5, 0.6) is 0 Å². The number of nitrogens with zero attached hydrogens (tertiary/aromatic N) is 4. The molecule has 0 aliphatic heterocycles. The highest BCUT2D eigenvalue weighted by molar-refractivity contribution is 5.89. The number of benzene rings is 1. The van der Waals surface area contributed by atoms with Gasteiger partial charge >= 0.3 is 11.8 Å². The van der Waals surface area contributed by atoms with E-state index in [0.29, 0.717) is 12.4 Å². The number of nitrogen functional groups attached to an aromatic ring is 1. The first-order chi connectivity index (χ1) is 13.1. The van der Waals surface area contributed by atoms with E-state index in [1.54, 1.807) is 12.4 Å². The summed E-state index contributed by atoms with van der Waals surface area (Å²) in [6.07, 6.45) is 6.33. The summed E-state index contributed by atoms with van der Waals surface area (Å²) < 4.78 is 5.19. The fourth-order valence-electron chi connectivity index (χ4n) is 3.39. The summed E-state index contributed by atoms with van der Waals surface area (Å²) in [5.74, 6) is 0.487. The number of amides is 1. The van der Waals surface area contributed by atoms with Crippen LogP contribution in [0.4, 0.5) is 5.95 Å². The van der Waals surface area contributed by atoms with Crippen molar-refractivity contribution >= 4 is 11.9 Å². The van der Waals surface area contributed by atoms with Crippen LogP contribution in [0.15, 0.2) is 41.2 Å². The van der Waals surface area contributed by atoms with Gasteiger partial charge in [0.15, 0.2) is 5.82 Å². The molecule has 3 aromatic rings. The second-order valence-electron chi connectivity index (χ2n) is 6.63. The zero-order valence-electron chi connectivity index (χ0n) is 15.0. The molecular weight excluding hydrogens is 344 g/mol. The third-order valence-electron chi connectivity index (χ3n) is 5.04. The minimum Gasteiger partial charge on any atom is -0.368 e. The Morgan fingerprint density at radius 1 is 1.19 bits per heavy atom. The van der Waals surface area contributed by atoms with Crippen LogP contribution in [-0.2, 0) is 5.41 Å². The highest BCUT2D eigenvalue weighted by Gasteiger charge is 2.44. The Morgan fingerprint density at radius 3 is 2.48 bits per heavy atom. The Balaban J connectivity index is 1.62. The third-order valence-corrected chi connectivity index (χ3v) is 5.04. The number of hydrogen-bond donors (Lipinski definition) is 2. The molecule has 0 bridgehead atoms. The summed E-state index contributed by atoms with van der Waals surface area (Å²) >= 11 is 0. The van der Waals surface area contributed by atoms with Crippen molar-refractivity contribution < 1.29 is 9.32 Å². The Labute approximate surface area is 156 Å². The van der Waals surface area contributed by atoms with Crippen molar-refractivity contribution in [1.82, 2.24) is 25.4 Å². The van der Waals surface area contributed by atoms with E-state index in [1.165, 1.54) is 0 Å². The van der Waals surface area contributed by atoms with Gasteiger partial charge in [0, 0.05) is 24.5 Å². The molecule has 27 heavy (non-hydrogen) atoms. The average molecular weight is 364 g/mol. The van der Waals surface area contributed by atoms with Gasteiger partial charge < -0.3 is 15.6 Å². The predicted molar refractivity (Wildman–Crippen MR) is 98.8 cm³/mol. The van der Waals surface area contributed by atoms with Crippen LogP contribution in [0.3, 0.4) is 0 Å². The molecule has 8 heteroatoms. The molecule has 8 nitrogen and oxygen atoms in total. The molecule has 1 fully saturated rings. The van der Waals surface area contributed by atoms with Gasteiger partial charge in [-0.1, -0.05) is 35.8 Å². The molecule has 1 saturated carbocycles. The zero-order chi connectivity index (χ0) is 18.9. The largest absolute Gasteiger partial charge is 0.368 e. The van der Waals surface area contributed by atoms with Crippen molar-refractivity contribution in [2.45, 2.75) is 31.6 Å². The van der Waals surface area contributed by atoms with Gasteiger partial charge in [-0.15, -0.1) is 0 Å². The standard InChI is InChI=1S/C19H20N6O2/c1-2-21-15(26)16-24-17(25-27-16)19(8-3-9-19)14-6-4-12(5-7-14)13-10-22-18(20)23-11-13/h4-7,10-11H,2-3,8-9H2,1H3,(H,21,26)(H2,20,22,23). The van der Waals surface area contributed by atoms with Crippen LogP contribution in [-0.4, -0.2) is 32.6 Å². The van der Waals surface area contributed by atoms with E-state index in [4.69, 9.17) is 10.3 Å². The molecule has 0 unspecified atom stereocenters. The van der Waals surface area contributed by atoms with Crippen LogP contribution in [0.1, 0.15) is 48.3 Å². The van der Waals surface area contributed by atoms with Crippen molar-refractivity contribution in [2.75, 3.05) is 12.3 Å². The Hall–Kier alpha value is -3.29. The number of carbonyl (C=O) groups is 1. The molecule has 2 aromatic heterocycles. The van der Waals surface area contributed by atoms with E-state index < -0.39 is 0 Å². The minimum absolute atomic E-state index is 0.00812. The molecule has 1 amide bonds. The molecular formula is C19H20N6O2. The summed E-state index contributed by atoms with van der Waals surface area (Å²) in [5, 5.41) is 6.78. The molecule has 1 aliphatic rings. The summed E-state index contributed by atoms with van der Waals surface area (Å²) in [7, 11) is 0. The van der Waals surface area contributed by atoms with Crippen molar-refractivity contribution in [1.29, 1.82) is 0 Å². The molecule has 2 heterocycles. The van der Waals surface area contributed by atoms with Gasteiger partial charge in [0.1, 0.15) is 0 Å². The number of carbonyl (C=O) groups excluding carboxylic acids is 1. The lowest BCUT2D eigenvalue weighted by molar-refractivity contribution is 0.0912. The normalized spacial score (nSPS) is 15.1. The number of nitrogens with one attached hydrogen (secondary N) is 1. The lowest BCUT2D eigenvalue weighted by Gasteiger charge is -2.39. The van der Waals surface area contributed by atoms with Crippen LogP contribution in [0, 0.1) is 0 Å². The van der Waals surface area contributed by atoms with Crippen molar-refractivity contribution in [3.05, 3.63) is 53.9 Å². The lowest BCUT2D eigenvalue weighted by Crippen LogP contribution is -2.36. The number of anilines is 1. The summed E-state index contributed by atoms with van der Waals surface area (Å²) in [6, 6.07) is 8.17. The highest BCUT2D eigenvalue weighted by Crippen LogP contribution is 2.48. The molecule has 0 atom stereocenters. The van der Waals surface area contributed by atoms with Gasteiger partial charge in [0.25, 0.3) is 0 Å². The molecule has 1 aliphatic carbocycles. The second-order valence-corrected chi connectivity index (χ2v) is 6.63. The monoisotopic (exact) mass is 364 g/mol. The fourth-order valence-corrected chi connectivity index (χ4v) is 3.39. The van der Waals surface area contributed by atoms with E-state index >= 15 is 0 Å². The SMILES string of the molecule is CCNC(=O)c1nc(C2(c3ccc(-c4cnc(N)nc4)cc3)CCC2)no1. The first-order valence-electron chi connectivity index (χ1n) is 8.93. The van der Waals surface area contributed by atoms with Crippen molar-refractivity contribution in [2.24, 2.45) is 0 Å². The van der Waals surface area contributed by atoms with E-state index in [2.05, 4.69) is 37.6 Å². The Bertz CT molecular complexity index is 945. The van der Waals surface area contributed by atoms with E-state index in [-0.39, 0.29) is 23.2 Å². The van der Waals surface area contributed by atoms with Crippen molar-refractivity contribution in [3.63, 3.8) is 0 Å². The Kier molecular flexibility index (Phi) is 4.31. The maximum Gasteiger partial charge on any atom is 0.315 e. The predicted octanol–water partition coefficient (Wildman–Crippen LogP) is 2.33. The molecule has 0 saturated heterocycles. The molecule has 1 aromatic carbocycles. The topological polar surface area (TPSA) is 120 Å².